The molecule has 1 aromatic heterocycles. The minimum atomic E-state index is -0.670. The number of hydrogen-bond donors (Lipinski definition) is 0. The fourth-order valence-electron chi connectivity index (χ4n) is 2.81. The number of methoxy groups -OCH3 is 1. The van der Waals surface area contributed by atoms with Crippen LogP contribution in [0.2, 0.25) is 5.15 Å². The first kappa shape index (κ1) is 20.5. The summed E-state index contributed by atoms with van der Waals surface area (Å²) in [7, 11) is 1.49. The molecule has 0 radical (unpaired) electrons. The number of aryl methyl sites for hydroxylation is 1. The monoisotopic (exact) mass is 416 g/mol. The lowest BCUT2D eigenvalue weighted by atomic mass is 10.1. The summed E-state index contributed by atoms with van der Waals surface area (Å²) >= 11 is 6.34. The van der Waals surface area contributed by atoms with Crippen LogP contribution in [-0.2, 0) is 11.3 Å². The first-order valence-corrected chi connectivity index (χ1v) is 9.05. The van der Waals surface area contributed by atoms with Crippen molar-refractivity contribution in [2.45, 2.75) is 20.5 Å². The van der Waals surface area contributed by atoms with Crippen molar-refractivity contribution in [3.05, 3.63) is 75.8 Å². The second-order valence-corrected chi connectivity index (χ2v) is 6.66. The topological polar surface area (TPSA) is 70.4 Å². The molecule has 0 bridgehead atoms. The van der Waals surface area contributed by atoms with Crippen LogP contribution in [0.25, 0.3) is 5.69 Å². The van der Waals surface area contributed by atoms with Crippen LogP contribution < -0.4 is 4.74 Å². The summed E-state index contributed by atoms with van der Waals surface area (Å²) in [5.41, 5.74) is 2.02. The molecule has 6 nitrogen and oxygen atoms in total. The van der Waals surface area contributed by atoms with E-state index in [2.05, 4.69) is 5.10 Å². The number of halogens is 2. The summed E-state index contributed by atoms with van der Waals surface area (Å²) in [5.74, 6) is -0.682. The van der Waals surface area contributed by atoms with Crippen molar-refractivity contribution in [2.24, 2.45) is 0 Å². The first-order chi connectivity index (χ1) is 13.8. The zero-order valence-corrected chi connectivity index (χ0v) is 16.8. The van der Waals surface area contributed by atoms with E-state index in [0.29, 0.717) is 28.3 Å². The zero-order chi connectivity index (χ0) is 21.1. The Morgan fingerprint density at radius 3 is 2.48 bits per heavy atom. The number of benzene rings is 2. The molecular formula is C21H18ClFN2O4. The Balaban J connectivity index is 1.84. The molecule has 0 saturated carbocycles. The number of aromatic nitrogens is 2. The highest BCUT2D eigenvalue weighted by atomic mass is 35.5. The van der Waals surface area contributed by atoms with Crippen LogP contribution in [0.15, 0.2) is 42.5 Å². The van der Waals surface area contributed by atoms with Crippen LogP contribution in [0.4, 0.5) is 4.39 Å². The van der Waals surface area contributed by atoms with E-state index in [1.807, 2.05) is 0 Å². The van der Waals surface area contributed by atoms with Gasteiger partial charge in [0.15, 0.2) is 5.78 Å². The van der Waals surface area contributed by atoms with E-state index in [0.717, 1.165) is 0 Å². The average Bonchev–Trinajstić information content (AvgIpc) is 3.00. The number of esters is 1. The highest BCUT2D eigenvalue weighted by Crippen LogP contribution is 2.26. The quantitative estimate of drug-likeness (QED) is 0.435. The van der Waals surface area contributed by atoms with Crippen LogP contribution in [0, 0.1) is 12.7 Å². The van der Waals surface area contributed by atoms with E-state index in [1.54, 1.807) is 25.1 Å². The standard InChI is InChI=1S/C21H18ClFN2O4/c1-12-19(20(22)25(24-12)17-7-5-16(23)6-8-17)21(27)29-11-15-10-14(13(2)26)4-9-18(15)28-3/h4-10H,11H2,1-3H3. The van der Waals surface area contributed by atoms with Crippen LogP contribution in [0.5, 0.6) is 5.75 Å². The maximum Gasteiger partial charge on any atom is 0.343 e. The van der Waals surface area contributed by atoms with Gasteiger partial charge in [-0.1, -0.05) is 11.6 Å². The molecule has 29 heavy (non-hydrogen) atoms. The van der Waals surface area contributed by atoms with Gasteiger partial charge in [-0.05, 0) is 56.3 Å². The molecular weight excluding hydrogens is 399 g/mol. The second-order valence-electron chi connectivity index (χ2n) is 6.30. The summed E-state index contributed by atoms with van der Waals surface area (Å²) in [6.45, 7) is 2.96. The van der Waals surface area contributed by atoms with Gasteiger partial charge in [-0.3, -0.25) is 4.79 Å². The maximum absolute atomic E-state index is 13.1. The first-order valence-electron chi connectivity index (χ1n) is 8.68. The van der Waals surface area contributed by atoms with E-state index >= 15 is 0 Å². The molecule has 0 unspecified atom stereocenters. The predicted molar refractivity (Wildman–Crippen MR) is 105 cm³/mol. The van der Waals surface area contributed by atoms with Gasteiger partial charge in [0.05, 0.1) is 18.5 Å². The lowest BCUT2D eigenvalue weighted by Gasteiger charge is -2.11. The molecule has 8 heteroatoms. The van der Waals surface area contributed by atoms with Crippen LogP contribution in [0.1, 0.15) is 38.9 Å². The lowest BCUT2D eigenvalue weighted by Crippen LogP contribution is -2.08. The van der Waals surface area contributed by atoms with Crippen LogP contribution in [0.3, 0.4) is 0 Å². The highest BCUT2D eigenvalue weighted by Gasteiger charge is 2.23. The fourth-order valence-corrected chi connectivity index (χ4v) is 3.16. The molecule has 0 amide bonds. The Labute approximate surface area is 171 Å². The number of carbonyl (C=O) groups is 2. The van der Waals surface area contributed by atoms with Crippen molar-refractivity contribution < 1.29 is 23.5 Å². The van der Waals surface area contributed by atoms with Gasteiger partial charge in [-0.25, -0.2) is 13.9 Å². The van der Waals surface area contributed by atoms with Gasteiger partial charge in [0.2, 0.25) is 0 Å². The van der Waals surface area contributed by atoms with E-state index in [4.69, 9.17) is 21.1 Å². The molecule has 0 saturated heterocycles. The molecule has 0 fully saturated rings. The molecule has 0 aliphatic heterocycles. The molecule has 0 N–H and O–H groups in total. The second kappa shape index (κ2) is 8.45. The fraction of sp³-hybridized carbons (Fsp3) is 0.190. The molecule has 1 heterocycles. The molecule has 0 aliphatic rings. The minimum Gasteiger partial charge on any atom is -0.496 e. The van der Waals surface area contributed by atoms with Gasteiger partial charge in [-0.15, -0.1) is 0 Å². The average molecular weight is 417 g/mol. The van der Waals surface area contributed by atoms with E-state index < -0.39 is 11.8 Å². The summed E-state index contributed by atoms with van der Waals surface area (Å²) in [5, 5.41) is 4.31. The molecule has 0 atom stereocenters. The van der Waals surface area contributed by atoms with Crippen molar-refractivity contribution in [3.63, 3.8) is 0 Å². The number of ether oxygens (including phenoxy) is 2. The molecule has 3 aromatic rings. The smallest absolute Gasteiger partial charge is 0.343 e. The van der Waals surface area contributed by atoms with Crippen LogP contribution >= 0.6 is 11.6 Å². The number of nitrogens with zero attached hydrogens (tertiary/aromatic N) is 2. The number of carbonyl (C=O) groups excluding carboxylic acids is 2. The van der Waals surface area contributed by atoms with Gasteiger partial charge in [0.25, 0.3) is 0 Å². The number of Topliss-reactive ketones (excluding diaryl/α,β-unsaturated/α-hetero) is 1. The SMILES string of the molecule is COc1ccc(C(C)=O)cc1COC(=O)c1c(C)nn(-c2ccc(F)cc2)c1Cl. The molecule has 0 aliphatic carbocycles. The molecule has 0 spiro atoms. The Hall–Kier alpha value is -3.19. The third-order valence-corrected chi connectivity index (χ3v) is 4.67. The Bertz CT molecular complexity index is 1080. The van der Waals surface area contributed by atoms with E-state index in [-0.39, 0.29) is 23.1 Å². The number of rotatable bonds is 6. The molecule has 2 aromatic carbocycles. The summed E-state index contributed by atoms with van der Waals surface area (Å²) in [4.78, 5) is 24.3. The third kappa shape index (κ3) is 4.30. The lowest BCUT2D eigenvalue weighted by molar-refractivity contribution is 0.0469. The predicted octanol–water partition coefficient (Wildman–Crippen LogP) is 4.54. The normalized spacial score (nSPS) is 10.7. The van der Waals surface area contributed by atoms with Crippen molar-refractivity contribution in [2.75, 3.05) is 7.11 Å². The van der Waals surface area contributed by atoms with Gasteiger partial charge < -0.3 is 9.47 Å². The maximum atomic E-state index is 13.1. The van der Waals surface area contributed by atoms with Gasteiger partial charge in [0.1, 0.15) is 28.9 Å². The zero-order valence-electron chi connectivity index (χ0n) is 16.0. The number of ketones is 1. The summed E-state index contributed by atoms with van der Waals surface area (Å²) in [6, 6.07) is 10.4. The van der Waals surface area contributed by atoms with Gasteiger partial charge >= 0.3 is 5.97 Å². The molecule has 3 rings (SSSR count). The van der Waals surface area contributed by atoms with Crippen molar-refractivity contribution in [3.8, 4) is 11.4 Å². The van der Waals surface area contributed by atoms with Crippen molar-refractivity contribution >= 4 is 23.4 Å². The third-order valence-electron chi connectivity index (χ3n) is 4.33. The van der Waals surface area contributed by atoms with E-state index in [9.17, 15) is 14.0 Å². The Morgan fingerprint density at radius 2 is 1.86 bits per heavy atom. The summed E-state index contributed by atoms with van der Waals surface area (Å²) in [6.07, 6.45) is 0. The minimum absolute atomic E-state index is 0.0589. The van der Waals surface area contributed by atoms with Gasteiger partial charge in [-0.2, -0.15) is 5.10 Å². The molecule has 150 valence electrons. The Morgan fingerprint density at radius 1 is 1.17 bits per heavy atom. The van der Waals surface area contributed by atoms with Crippen molar-refractivity contribution in [1.29, 1.82) is 0 Å². The largest absolute Gasteiger partial charge is 0.496 e. The van der Waals surface area contributed by atoms with Crippen molar-refractivity contribution in [1.82, 2.24) is 9.78 Å². The van der Waals surface area contributed by atoms with E-state index in [1.165, 1.54) is 43.0 Å². The summed E-state index contributed by atoms with van der Waals surface area (Å²) < 4.78 is 25.1. The Kier molecular flexibility index (Phi) is 5.98. The van der Waals surface area contributed by atoms with Crippen LogP contribution in [-0.4, -0.2) is 28.6 Å². The van der Waals surface area contributed by atoms with Gasteiger partial charge in [0, 0.05) is 11.1 Å². The number of hydrogen-bond acceptors (Lipinski definition) is 5. The highest BCUT2D eigenvalue weighted by molar-refractivity contribution is 6.33.